The summed E-state index contributed by atoms with van der Waals surface area (Å²) < 4.78 is 2.44. The van der Waals surface area contributed by atoms with Gasteiger partial charge in [-0.2, -0.15) is 0 Å². The zero-order valence-electron chi connectivity index (χ0n) is 16.5. The van der Waals surface area contributed by atoms with Crippen molar-refractivity contribution in [2.75, 3.05) is 13.1 Å². The lowest BCUT2D eigenvalue weighted by Crippen LogP contribution is -2.39. The highest BCUT2D eigenvalue weighted by atomic mass is 16.2. The van der Waals surface area contributed by atoms with Gasteiger partial charge in [-0.05, 0) is 63.5 Å². The van der Waals surface area contributed by atoms with Gasteiger partial charge in [-0.25, -0.2) is 4.98 Å². The second-order valence-electron chi connectivity index (χ2n) is 8.25. The first-order valence-corrected chi connectivity index (χ1v) is 10.4. The summed E-state index contributed by atoms with van der Waals surface area (Å²) in [5.74, 6) is 2.82. The van der Waals surface area contributed by atoms with E-state index in [2.05, 4.69) is 21.5 Å². The van der Waals surface area contributed by atoms with E-state index in [9.17, 15) is 4.79 Å². The van der Waals surface area contributed by atoms with Gasteiger partial charge in [-0.3, -0.25) is 9.78 Å². The van der Waals surface area contributed by atoms with E-state index in [1.54, 1.807) is 12.4 Å². The van der Waals surface area contributed by atoms with E-state index in [4.69, 9.17) is 0 Å². The standard InChI is InChI=1S/C22H30N4O/c1-16-6-10-23-15-20(16)22(27)25-11-7-18(8-12-25)9-13-26-17(2)14-24-21(26)19-4-3-5-19/h6,10,14-15,18-19H,3-5,7-9,11-13H2,1-2H3. The van der Waals surface area contributed by atoms with Gasteiger partial charge in [0.25, 0.3) is 5.91 Å². The fraction of sp³-hybridized carbons (Fsp3) is 0.591. The maximum atomic E-state index is 12.7. The molecule has 144 valence electrons. The summed E-state index contributed by atoms with van der Waals surface area (Å²) >= 11 is 0. The van der Waals surface area contributed by atoms with E-state index in [0.717, 1.165) is 43.6 Å². The number of carbonyl (C=O) groups excluding carboxylic acids is 1. The maximum Gasteiger partial charge on any atom is 0.255 e. The van der Waals surface area contributed by atoms with Gasteiger partial charge < -0.3 is 9.47 Å². The number of carbonyl (C=O) groups is 1. The van der Waals surface area contributed by atoms with Crippen LogP contribution in [0.4, 0.5) is 0 Å². The maximum absolute atomic E-state index is 12.7. The lowest BCUT2D eigenvalue weighted by atomic mass is 9.84. The molecule has 0 unspecified atom stereocenters. The van der Waals surface area contributed by atoms with Crippen LogP contribution in [0, 0.1) is 19.8 Å². The van der Waals surface area contributed by atoms with Gasteiger partial charge in [0.15, 0.2) is 0 Å². The number of nitrogens with zero attached hydrogens (tertiary/aromatic N) is 4. The Kier molecular flexibility index (Phi) is 5.28. The Balaban J connectivity index is 1.31. The van der Waals surface area contributed by atoms with Crippen LogP contribution in [-0.2, 0) is 6.54 Å². The van der Waals surface area contributed by atoms with Crippen molar-refractivity contribution < 1.29 is 4.79 Å². The highest BCUT2D eigenvalue weighted by molar-refractivity contribution is 5.95. The quantitative estimate of drug-likeness (QED) is 0.800. The number of aryl methyl sites for hydroxylation is 2. The molecule has 1 saturated heterocycles. The molecule has 4 rings (SSSR count). The van der Waals surface area contributed by atoms with E-state index in [1.165, 1.54) is 37.2 Å². The van der Waals surface area contributed by atoms with Crippen molar-refractivity contribution in [3.63, 3.8) is 0 Å². The summed E-state index contributed by atoms with van der Waals surface area (Å²) in [7, 11) is 0. The highest BCUT2D eigenvalue weighted by Crippen LogP contribution is 2.36. The molecular weight excluding hydrogens is 336 g/mol. The van der Waals surface area contributed by atoms with Crippen LogP contribution in [0.5, 0.6) is 0 Å². The number of pyridine rings is 1. The van der Waals surface area contributed by atoms with Gasteiger partial charge in [0.1, 0.15) is 5.82 Å². The van der Waals surface area contributed by atoms with E-state index < -0.39 is 0 Å². The van der Waals surface area contributed by atoms with Crippen LogP contribution in [0.15, 0.2) is 24.7 Å². The molecule has 0 aromatic carbocycles. The summed E-state index contributed by atoms with van der Waals surface area (Å²) in [5.41, 5.74) is 3.04. The van der Waals surface area contributed by atoms with Crippen LogP contribution in [0.25, 0.3) is 0 Å². The molecule has 1 aliphatic heterocycles. The fourth-order valence-corrected chi connectivity index (χ4v) is 4.36. The Morgan fingerprint density at radius 3 is 2.59 bits per heavy atom. The number of likely N-dealkylation sites (tertiary alicyclic amines) is 1. The van der Waals surface area contributed by atoms with E-state index >= 15 is 0 Å². The van der Waals surface area contributed by atoms with Gasteiger partial charge >= 0.3 is 0 Å². The Labute approximate surface area is 161 Å². The molecule has 2 aromatic rings. The van der Waals surface area contributed by atoms with Gasteiger partial charge in [-0.15, -0.1) is 0 Å². The second kappa shape index (κ2) is 7.83. The Hall–Kier alpha value is -2.17. The molecule has 0 spiro atoms. The number of hydrogen-bond acceptors (Lipinski definition) is 3. The molecule has 0 N–H and O–H groups in total. The third-order valence-electron chi connectivity index (χ3n) is 6.49. The highest BCUT2D eigenvalue weighted by Gasteiger charge is 2.27. The van der Waals surface area contributed by atoms with Gasteiger partial charge in [0.05, 0.1) is 5.56 Å². The van der Waals surface area contributed by atoms with Crippen LogP contribution >= 0.6 is 0 Å². The smallest absolute Gasteiger partial charge is 0.255 e. The third kappa shape index (κ3) is 3.78. The van der Waals surface area contributed by atoms with Crippen molar-refractivity contribution >= 4 is 5.91 Å². The SMILES string of the molecule is Cc1ccncc1C(=O)N1CCC(CCn2c(C)cnc2C2CCC2)CC1. The first-order valence-electron chi connectivity index (χ1n) is 10.4. The Morgan fingerprint density at radius 1 is 1.15 bits per heavy atom. The first-order chi connectivity index (χ1) is 13.1. The molecule has 3 heterocycles. The van der Waals surface area contributed by atoms with Crippen molar-refractivity contribution in [2.45, 2.75) is 64.8 Å². The number of rotatable bonds is 5. The van der Waals surface area contributed by atoms with Crippen LogP contribution in [0.1, 0.15) is 71.9 Å². The van der Waals surface area contributed by atoms with Crippen molar-refractivity contribution in [3.05, 3.63) is 47.3 Å². The molecule has 27 heavy (non-hydrogen) atoms. The topological polar surface area (TPSA) is 51.0 Å². The average molecular weight is 367 g/mol. The minimum absolute atomic E-state index is 0.136. The summed E-state index contributed by atoms with van der Waals surface area (Å²) in [4.78, 5) is 23.6. The fourth-order valence-electron chi connectivity index (χ4n) is 4.36. The predicted octanol–water partition coefficient (Wildman–Crippen LogP) is 4.10. The van der Waals surface area contributed by atoms with Crippen LogP contribution in [-0.4, -0.2) is 38.4 Å². The average Bonchev–Trinajstić information content (AvgIpc) is 2.99. The van der Waals surface area contributed by atoms with E-state index in [-0.39, 0.29) is 5.91 Å². The normalized spacial score (nSPS) is 18.5. The molecule has 2 aliphatic rings. The molecular formula is C22H30N4O. The van der Waals surface area contributed by atoms with Gasteiger partial charge in [0, 0.05) is 49.8 Å². The molecule has 5 nitrogen and oxygen atoms in total. The first kappa shape index (κ1) is 18.2. The number of imidazole rings is 1. The van der Waals surface area contributed by atoms with Gasteiger partial charge in [-0.1, -0.05) is 6.42 Å². The minimum atomic E-state index is 0.136. The summed E-state index contributed by atoms with van der Waals surface area (Å²) in [6.45, 7) is 6.94. The van der Waals surface area contributed by atoms with Crippen LogP contribution in [0.2, 0.25) is 0 Å². The summed E-state index contributed by atoms with van der Waals surface area (Å²) in [6.07, 6.45) is 12.8. The monoisotopic (exact) mass is 366 g/mol. The van der Waals surface area contributed by atoms with Crippen molar-refractivity contribution in [3.8, 4) is 0 Å². The lowest BCUT2D eigenvalue weighted by Gasteiger charge is -2.33. The van der Waals surface area contributed by atoms with Crippen LogP contribution in [0.3, 0.4) is 0 Å². The lowest BCUT2D eigenvalue weighted by molar-refractivity contribution is 0.0683. The second-order valence-corrected chi connectivity index (χ2v) is 8.25. The Bertz CT molecular complexity index is 800. The number of hydrogen-bond donors (Lipinski definition) is 0. The molecule has 0 radical (unpaired) electrons. The molecule has 2 aromatic heterocycles. The number of amides is 1. The third-order valence-corrected chi connectivity index (χ3v) is 6.49. The van der Waals surface area contributed by atoms with Crippen molar-refractivity contribution in [1.29, 1.82) is 0 Å². The van der Waals surface area contributed by atoms with Gasteiger partial charge in [0.2, 0.25) is 0 Å². The van der Waals surface area contributed by atoms with Crippen molar-refractivity contribution in [2.24, 2.45) is 5.92 Å². The minimum Gasteiger partial charge on any atom is -0.339 e. The van der Waals surface area contributed by atoms with E-state index in [0.29, 0.717) is 11.8 Å². The predicted molar refractivity (Wildman–Crippen MR) is 106 cm³/mol. The largest absolute Gasteiger partial charge is 0.339 e. The van der Waals surface area contributed by atoms with Crippen molar-refractivity contribution in [1.82, 2.24) is 19.4 Å². The molecule has 1 aliphatic carbocycles. The molecule has 1 amide bonds. The Morgan fingerprint density at radius 2 is 1.93 bits per heavy atom. The number of aromatic nitrogens is 3. The molecule has 1 saturated carbocycles. The molecule has 5 heteroatoms. The zero-order valence-corrected chi connectivity index (χ0v) is 16.5. The molecule has 2 fully saturated rings. The zero-order chi connectivity index (χ0) is 18.8. The summed E-state index contributed by atoms with van der Waals surface area (Å²) in [5, 5.41) is 0. The summed E-state index contributed by atoms with van der Waals surface area (Å²) in [6, 6.07) is 1.91. The molecule has 0 atom stereocenters. The number of piperidine rings is 1. The van der Waals surface area contributed by atoms with Crippen LogP contribution < -0.4 is 0 Å². The van der Waals surface area contributed by atoms with E-state index in [1.807, 2.05) is 24.1 Å². The molecule has 0 bridgehead atoms.